The molecule has 3 N–H and O–H groups in total. The predicted molar refractivity (Wildman–Crippen MR) is 214 cm³/mol. The molecule has 0 aliphatic heterocycles. The maximum Gasteiger partial charge on any atom is 0.335 e. The summed E-state index contributed by atoms with van der Waals surface area (Å²) in [6, 6.07) is 22.8. The number of benzene rings is 3. The van der Waals surface area contributed by atoms with Gasteiger partial charge in [0, 0.05) is 56.0 Å². The van der Waals surface area contributed by atoms with Crippen LogP contribution in [0.4, 0.5) is 10.7 Å². The number of likely N-dealkylation sites (N-methyl/N-ethyl adjacent to an activating group) is 1. The molecule has 1 aromatic heterocycles. The van der Waals surface area contributed by atoms with Crippen LogP contribution in [0.15, 0.2) is 72.8 Å². The Balaban J connectivity index is 1.07. The number of rotatable bonds is 19. The number of fused-ring (bicyclic) bond motifs is 1. The van der Waals surface area contributed by atoms with Crippen molar-refractivity contribution in [1.29, 1.82) is 0 Å². The zero-order valence-electron chi connectivity index (χ0n) is 31.6. The normalized spacial score (nSPS) is 13.7. The molecular formula is C43H50N4O7S. The smallest absolute Gasteiger partial charge is 0.335 e. The fourth-order valence-corrected chi connectivity index (χ4v) is 8.09. The lowest BCUT2D eigenvalue weighted by atomic mass is 9.95. The summed E-state index contributed by atoms with van der Waals surface area (Å²) < 4.78 is 10.4. The summed E-state index contributed by atoms with van der Waals surface area (Å²) in [5, 5.41) is 15.9. The average molecular weight is 767 g/mol. The van der Waals surface area contributed by atoms with E-state index in [1.807, 2.05) is 54.6 Å². The van der Waals surface area contributed by atoms with Crippen LogP contribution in [0.25, 0.3) is 0 Å². The summed E-state index contributed by atoms with van der Waals surface area (Å²) in [5.74, 6) is -1.50. The van der Waals surface area contributed by atoms with Crippen LogP contribution >= 0.6 is 11.3 Å². The van der Waals surface area contributed by atoms with E-state index in [0.29, 0.717) is 60.7 Å². The van der Waals surface area contributed by atoms with Gasteiger partial charge in [-0.15, -0.1) is 11.3 Å². The van der Waals surface area contributed by atoms with Crippen LogP contribution in [-0.2, 0) is 46.5 Å². The van der Waals surface area contributed by atoms with E-state index in [2.05, 4.69) is 15.5 Å². The number of carbonyl (C=O) groups is 4. The zero-order valence-corrected chi connectivity index (χ0v) is 32.4. The number of anilines is 2. The van der Waals surface area contributed by atoms with Gasteiger partial charge in [-0.3, -0.25) is 19.3 Å². The first-order chi connectivity index (χ1) is 26.7. The summed E-state index contributed by atoms with van der Waals surface area (Å²) in [4.78, 5) is 56.5. The van der Waals surface area contributed by atoms with Crippen LogP contribution in [0.2, 0.25) is 0 Å². The Labute approximate surface area is 326 Å². The number of hydrogen-bond donors (Lipinski definition) is 3. The Morgan fingerprint density at radius 1 is 0.818 bits per heavy atom. The number of carboxylic acid groups (broad SMARTS) is 1. The molecule has 1 saturated carbocycles. The van der Waals surface area contributed by atoms with Gasteiger partial charge in [0.2, 0.25) is 5.91 Å². The molecular weight excluding hydrogens is 717 g/mol. The predicted octanol–water partition coefficient (Wildman–Crippen LogP) is 6.70. The van der Waals surface area contributed by atoms with Gasteiger partial charge in [-0.2, -0.15) is 0 Å². The summed E-state index contributed by atoms with van der Waals surface area (Å²) in [7, 11) is 3.39. The van der Waals surface area contributed by atoms with Crippen molar-refractivity contribution in [2.75, 3.05) is 57.7 Å². The molecule has 0 bridgehead atoms. The van der Waals surface area contributed by atoms with E-state index in [-0.39, 0.29) is 29.9 Å². The molecule has 6 rings (SSSR count). The van der Waals surface area contributed by atoms with Crippen molar-refractivity contribution in [3.63, 3.8) is 0 Å². The van der Waals surface area contributed by atoms with E-state index in [9.17, 15) is 19.2 Å². The van der Waals surface area contributed by atoms with Crippen molar-refractivity contribution in [1.82, 2.24) is 9.80 Å². The summed E-state index contributed by atoms with van der Waals surface area (Å²) in [6.45, 7) is 2.82. The second-order valence-electron chi connectivity index (χ2n) is 14.3. The largest absolute Gasteiger partial charge is 0.478 e. The number of thiophene rings is 1. The van der Waals surface area contributed by atoms with Gasteiger partial charge in [0.25, 0.3) is 11.8 Å². The van der Waals surface area contributed by atoms with E-state index in [1.54, 1.807) is 37.3 Å². The van der Waals surface area contributed by atoms with E-state index in [1.165, 1.54) is 11.3 Å². The molecule has 12 heteroatoms. The van der Waals surface area contributed by atoms with Crippen LogP contribution in [0.3, 0.4) is 0 Å². The van der Waals surface area contributed by atoms with Gasteiger partial charge in [0.05, 0.1) is 24.3 Å². The molecule has 1 fully saturated rings. The molecule has 3 amide bonds. The lowest BCUT2D eigenvalue weighted by Crippen LogP contribution is -2.38. The molecule has 290 valence electrons. The summed E-state index contributed by atoms with van der Waals surface area (Å²) in [6.07, 6.45) is 7.51. The standard InChI is InChI=1S/C43H50N4O7S/c1-46(38(48)28-54-25-24-53-2)22-23-47(35-20-21-35)27-31-6-5-7-33(26-31)40(49)45-42-39(36-8-3-4-9-37(36)55-42)41(50)44-34-18-14-30(15-19-34)11-10-29-12-16-32(17-13-29)43(51)52/h5-7,12-19,26,35H,3-4,8-11,20-25,27-28H2,1-2H3,(H,44,50)(H,45,49)(H,51,52). The van der Waals surface area contributed by atoms with Gasteiger partial charge >= 0.3 is 5.97 Å². The number of amides is 3. The first-order valence-corrected chi connectivity index (χ1v) is 19.8. The lowest BCUT2D eigenvalue weighted by molar-refractivity contribution is -0.135. The lowest BCUT2D eigenvalue weighted by Gasteiger charge is -2.26. The molecule has 0 spiro atoms. The molecule has 0 radical (unpaired) electrons. The molecule has 4 aromatic rings. The van der Waals surface area contributed by atoms with Gasteiger partial charge in [-0.05, 0) is 110 Å². The maximum atomic E-state index is 13.9. The van der Waals surface area contributed by atoms with E-state index < -0.39 is 5.97 Å². The highest BCUT2D eigenvalue weighted by Gasteiger charge is 2.30. The molecule has 0 atom stereocenters. The topological polar surface area (TPSA) is 138 Å². The number of ether oxygens (including phenoxy) is 2. The van der Waals surface area contributed by atoms with Crippen molar-refractivity contribution < 1.29 is 33.8 Å². The third kappa shape index (κ3) is 11.1. The number of nitrogens with one attached hydrogen (secondary N) is 2. The molecule has 11 nitrogen and oxygen atoms in total. The number of carboxylic acids is 1. The minimum Gasteiger partial charge on any atom is -0.478 e. The number of aryl methyl sites for hydroxylation is 3. The van der Waals surface area contributed by atoms with Crippen molar-refractivity contribution in [2.45, 2.75) is 64.0 Å². The molecule has 55 heavy (non-hydrogen) atoms. The zero-order chi connectivity index (χ0) is 38.7. The van der Waals surface area contributed by atoms with Crippen LogP contribution in [0.1, 0.15) is 83.9 Å². The van der Waals surface area contributed by atoms with Gasteiger partial charge in [0.15, 0.2) is 0 Å². The summed E-state index contributed by atoms with van der Waals surface area (Å²) in [5.41, 5.74) is 6.21. The van der Waals surface area contributed by atoms with Crippen LogP contribution in [0.5, 0.6) is 0 Å². The third-order valence-corrected chi connectivity index (χ3v) is 11.4. The minimum atomic E-state index is -0.938. The molecule has 0 saturated heterocycles. The van der Waals surface area contributed by atoms with Gasteiger partial charge in [-0.1, -0.05) is 36.4 Å². The highest BCUT2D eigenvalue weighted by atomic mass is 32.1. The Morgan fingerprint density at radius 2 is 1.53 bits per heavy atom. The van der Waals surface area contributed by atoms with Crippen LogP contribution in [0, 0.1) is 0 Å². The number of carbonyl (C=O) groups excluding carboxylic acids is 3. The van der Waals surface area contributed by atoms with E-state index >= 15 is 0 Å². The second-order valence-corrected chi connectivity index (χ2v) is 15.4. The fraction of sp³-hybridized carbons (Fsp3) is 0.395. The number of nitrogens with zero attached hydrogens (tertiary/aromatic N) is 2. The second kappa shape index (κ2) is 19.1. The first kappa shape index (κ1) is 39.8. The Bertz CT molecular complexity index is 1960. The highest BCUT2D eigenvalue weighted by Crippen LogP contribution is 2.39. The van der Waals surface area contributed by atoms with Gasteiger partial charge in [0.1, 0.15) is 11.6 Å². The SMILES string of the molecule is COCCOCC(=O)N(C)CCN(Cc1cccc(C(=O)Nc2sc3c(c2C(=O)Nc2ccc(CCc4ccc(C(=O)O)cc4)cc2)CCCC3)c1)C1CC1. The Kier molecular flexibility index (Phi) is 13.8. The molecule has 2 aliphatic rings. The number of methoxy groups -OCH3 is 1. The first-order valence-electron chi connectivity index (χ1n) is 19.0. The van der Waals surface area contributed by atoms with Gasteiger partial charge in [-0.25, -0.2) is 4.79 Å². The molecule has 3 aromatic carbocycles. The Hall–Kier alpha value is -4.88. The van der Waals surface area contributed by atoms with Crippen LogP contribution in [-0.4, -0.2) is 91.7 Å². The fourth-order valence-electron chi connectivity index (χ4n) is 6.81. The van der Waals surface area contributed by atoms with Crippen molar-refractivity contribution in [2.24, 2.45) is 0 Å². The van der Waals surface area contributed by atoms with Crippen molar-refractivity contribution >= 4 is 45.7 Å². The average Bonchev–Trinajstić information content (AvgIpc) is 3.98. The van der Waals surface area contributed by atoms with Gasteiger partial charge < -0.3 is 30.1 Å². The number of hydrogen-bond acceptors (Lipinski definition) is 8. The van der Waals surface area contributed by atoms with Crippen molar-refractivity contribution in [3.8, 4) is 0 Å². The number of aromatic carboxylic acids is 1. The quantitative estimate of drug-likeness (QED) is 0.0898. The summed E-state index contributed by atoms with van der Waals surface area (Å²) >= 11 is 1.50. The van der Waals surface area contributed by atoms with Crippen LogP contribution < -0.4 is 10.6 Å². The highest BCUT2D eigenvalue weighted by molar-refractivity contribution is 7.17. The third-order valence-electron chi connectivity index (χ3n) is 10.2. The van der Waals surface area contributed by atoms with E-state index in [4.69, 9.17) is 14.6 Å². The van der Waals surface area contributed by atoms with E-state index in [0.717, 1.165) is 78.5 Å². The maximum absolute atomic E-state index is 13.9. The molecule has 2 aliphatic carbocycles. The molecule has 1 heterocycles. The molecule has 0 unspecified atom stereocenters. The Morgan fingerprint density at radius 3 is 2.22 bits per heavy atom. The minimum absolute atomic E-state index is 0.0289. The monoisotopic (exact) mass is 766 g/mol. The van der Waals surface area contributed by atoms with Crippen molar-refractivity contribution in [3.05, 3.63) is 117 Å².